The Morgan fingerprint density at radius 1 is 1.47 bits per heavy atom. The summed E-state index contributed by atoms with van der Waals surface area (Å²) in [6.07, 6.45) is 0. The summed E-state index contributed by atoms with van der Waals surface area (Å²) in [7, 11) is 0. The van der Waals surface area contributed by atoms with Crippen LogP contribution >= 0.6 is 11.6 Å². The molecule has 1 aromatic carbocycles. The lowest BCUT2D eigenvalue weighted by Gasteiger charge is -2.05. The molecule has 1 aromatic heterocycles. The lowest BCUT2D eigenvalue weighted by molar-refractivity contribution is 0.269. The van der Waals surface area contributed by atoms with Crippen molar-refractivity contribution in [1.82, 2.24) is 15.0 Å². The molecule has 0 saturated heterocycles. The fraction of sp³-hybridized carbons (Fsp3) is 0.182. The second kappa shape index (κ2) is 4.95. The maximum atomic E-state index is 8.97. The van der Waals surface area contributed by atoms with Gasteiger partial charge in [0.25, 0.3) is 0 Å². The maximum absolute atomic E-state index is 8.97. The Balaban J connectivity index is 2.56. The Bertz CT molecular complexity index is 573. The van der Waals surface area contributed by atoms with Gasteiger partial charge in [0.2, 0.25) is 0 Å². The molecule has 86 valence electrons. The van der Waals surface area contributed by atoms with E-state index in [1.807, 2.05) is 12.1 Å². The highest BCUT2D eigenvalue weighted by molar-refractivity contribution is 6.30. The van der Waals surface area contributed by atoms with Crippen LogP contribution in [0.4, 0.5) is 0 Å². The van der Waals surface area contributed by atoms with Crippen molar-refractivity contribution in [1.29, 1.82) is 5.26 Å². The van der Waals surface area contributed by atoms with Gasteiger partial charge >= 0.3 is 0 Å². The maximum Gasteiger partial charge on any atom is 0.190 e. The first-order valence-corrected chi connectivity index (χ1v) is 5.34. The summed E-state index contributed by atoms with van der Waals surface area (Å²) in [4.78, 5) is 0. The molecule has 0 aliphatic carbocycles. The van der Waals surface area contributed by atoms with Gasteiger partial charge in [-0.3, -0.25) is 0 Å². The van der Waals surface area contributed by atoms with Crippen molar-refractivity contribution < 1.29 is 5.11 Å². The fourth-order valence-electron chi connectivity index (χ4n) is 1.56. The number of aliphatic hydroxyl groups is 1. The van der Waals surface area contributed by atoms with Crippen molar-refractivity contribution in [3.63, 3.8) is 0 Å². The topological polar surface area (TPSA) is 74.7 Å². The lowest BCUT2D eigenvalue weighted by Crippen LogP contribution is -2.06. The van der Waals surface area contributed by atoms with Crippen LogP contribution in [-0.4, -0.2) is 26.7 Å². The van der Waals surface area contributed by atoms with Gasteiger partial charge in [0.15, 0.2) is 5.69 Å². The molecule has 0 saturated carbocycles. The second-order valence-corrected chi connectivity index (χ2v) is 3.79. The van der Waals surface area contributed by atoms with Gasteiger partial charge in [-0.2, -0.15) is 5.26 Å². The molecule has 0 spiro atoms. The highest BCUT2D eigenvalue weighted by atomic mass is 35.5. The van der Waals surface area contributed by atoms with Crippen molar-refractivity contribution in [3.8, 4) is 17.3 Å². The molecule has 0 amide bonds. The van der Waals surface area contributed by atoms with Crippen LogP contribution < -0.4 is 0 Å². The summed E-state index contributed by atoms with van der Waals surface area (Å²) in [6, 6.07) is 9.06. The second-order valence-electron chi connectivity index (χ2n) is 3.36. The van der Waals surface area contributed by atoms with Crippen LogP contribution in [0.2, 0.25) is 5.02 Å². The SMILES string of the molecule is N#Cc1nnn(CCO)c1-c1cccc(Cl)c1. The number of benzene rings is 1. The summed E-state index contributed by atoms with van der Waals surface area (Å²) < 4.78 is 1.49. The normalized spacial score (nSPS) is 10.2. The Labute approximate surface area is 103 Å². The third-order valence-corrected chi connectivity index (χ3v) is 2.49. The van der Waals surface area contributed by atoms with Crippen molar-refractivity contribution >= 4 is 11.6 Å². The number of hydrogen-bond acceptors (Lipinski definition) is 4. The molecule has 0 bridgehead atoms. The quantitative estimate of drug-likeness (QED) is 0.892. The number of nitriles is 1. The number of hydrogen-bond donors (Lipinski definition) is 1. The van der Waals surface area contributed by atoms with E-state index in [0.29, 0.717) is 10.7 Å². The minimum absolute atomic E-state index is 0.0677. The van der Waals surface area contributed by atoms with Gasteiger partial charge in [-0.05, 0) is 12.1 Å². The Morgan fingerprint density at radius 3 is 2.94 bits per heavy atom. The van der Waals surface area contributed by atoms with Crippen molar-refractivity contribution in [2.45, 2.75) is 6.54 Å². The molecule has 2 rings (SSSR count). The minimum atomic E-state index is -0.0677. The molecule has 2 aromatic rings. The molecule has 0 radical (unpaired) electrons. The van der Waals surface area contributed by atoms with E-state index in [0.717, 1.165) is 5.56 Å². The van der Waals surface area contributed by atoms with Crippen LogP contribution in [0.25, 0.3) is 11.3 Å². The molecule has 0 aliphatic heterocycles. The average Bonchev–Trinajstić information content (AvgIpc) is 2.72. The molecular formula is C11H9ClN4O. The van der Waals surface area contributed by atoms with E-state index < -0.39 is 0 Å². The smallest absolute Gasteiger partial charge is 0.190 e. The number of rotatable bonds is 3. The molecule has 6 heteroatoms. The van der Waals surface area contributed by atoms with Crippen molar-refractivity contribution in [2.24, 2.45) is 0 Å². The van der Waals surface area contributed by atoms with Gasteiger partial charge in [-0.1, -0.05) is 28.9 Å². The standard InChI is InChI=1S/C11H9ClN4O/c12-9-3-1-2-8(6-9)11-10(7-13)14-15-16(11)4-5-17/h1-3,6,17H,4-5H2. The van der Waals surface area contributed by atoms with Gasteiger partial charge in [-0.15, -0.1) is 5.10 Å². The first-order valence-electron chi connectivity index (χ1n) is 4.96. The zero-order valence-electron chi connectivity index (χ0n) is 8.84. The monoisotopic (exact) mass is 248 g/mol. The summed E-state index contributed by atoms with van der Waals surface area (Å²) >= 11 is 5.90. The van der Waals surface area contributed by atoms with Crippen LogP contribution in [0.5, 0.6) is 0 Å². The third-order valence-electron chi connectivity index (χ3n) is 2.25. The van der Waals surface area contributed by atoms with Crippen LogP contribution in [0.15, 0.2) is 24.3 Å². The van der Waals surface area contributed by atoms with E-state index in [2.05, 4.69) is 10.3 Å². The van der Waals surface area contributed by atoms with E-state index in [-0.39, 0.29) is 18.8 Å². The molecule has 1 N–H and O–H groups in total. The van der Waals surface area contributed by atoms with E-state index >= 15 is 0 Å². The predicted molar refractivity (Wildman–Crippen MR) is 62.3 cm³/mol. The van der Waals surface area contributed by atoms with Crippen LogP contribution in [0.1, 0.15) is 5.69 Å². The Morgan fingerprint density at radius 2 is 2.29 bits per heavy atom. The van der Waals surface area contributed by atoms with E-state index in [4.69, 9.17) is 22.0 Å². The molecule has 0 unspecified atom stereocenters. The summed E-state index contributed by atoms with van der Waals surface area (Å²) in [5.74, 6) is 0. The van der Waals surface area contributed by atoms with Crippen LogP contribution in [0, 0.1) is 11.3 Å². The highest BCUT2D eigenvalue weighted by Crippen LogP contribution is 2.24. The van der Waals surface area contributed by atoms with E-state index in [1.165, 1.54) is 4.68 Å². The molecule has 0 atom stereocenters. The average molecular weight is 249 g/mol. The highest BCUT2D eigenvalue weighted by Gasteiger charge is 2.14. The zero-order valence-corrected chi connectivity index (χ0v) is 9.59. The number of aromatic nitrogens is 3. The van der Waals surface area contributed by atoms with Gasteiger partial charge in [0.1, 0.15) is 11.8 Å². The first-order chi connectivity index (χ1) is 8.26. The van der Waals surface area contributed by atoms with E-state index in [1.54, 1.807) is 18.2 Å². The largest absolute Gasteiger partial charge is 0.394 e. The number of halogens is 1. The Kier molecular flexibility index (Phi) is 3.38. The van der Waals surface area contributed by atoms with Gasteiger partial charge < -0.3 is 5.11 Å². The van der Waals surface area contributed by atoms with Gasteiger partial charge in [0, 0.05) is 10.6 Å². The number of nitrogens with zero attached hydrogens (tertiary/aromatic N) is 4. The van der Waals surface area contributed by atoms with Gasteiger partial charge in [-0.25, -0.2) is 4.68 Å². The van der Waals surface area contributed by atoms with Crippen molar-refractivity contribution in [2.75, 3.05) is 6.61 Å². The number of aliphatic hydroxyl groups excluding tert-OH is 1. The molecule has 1 heterocycles. The zero-order chi connectivity index (χ0) is 12.3. The summed E-state index contributed by atoms with van der Waals surface area (Å²) in [5.41, 5.74) is 1.55. The molecule has 0 aliphatic rings. The predicted octanol–water partition coefficient (Wildman–Crippen LogP) is 1.46. The molecule has 0 fully saturated rings. The fourth-order valence-corrected chi connectivity index (χ4v) is 1.75. The molecular weight excluding hydrogens is 240 g/mol. The van der Waals surface area contributed by atoms with Gasteiger partial charge in [0.05, 0.1) is 13.2 Å². The molecule has 17 heavy (non-hydrogen) atoms. The first kappa shape index (κ1) is 11.6. The van der Waals surface area contributed by atoms with Crippen LogP contribution in [-0.2, 0) is 6.54 Å². The van der Waals surface area contributed by atoms with Crippen molar-refractivity contribution in [3.05, 3.63) is 35.0 Å². The summed E-state index contributed by atoms with van der Waals surface area (Å²) in [5, 5.41) is 26.1. The molecule has 5 nitrogen and oxygen atoms in total. The van der Waals surface area contributed by atoms with E-state index in [9.17, 15) is 0 Å². The summed E-state index contributed by atoms with van der Waals surface area (Å²) in [6.45, 7) is 0.221. The Hall–Kier alpha value is -1.90. The lowest BCUT2D eigenvalue weighted by atomic mass is 10.1. The van der Waals surface area contributed by atoms with Crippen LogP contribution in [0.3, 0.4) is 0 Å². The minimum Gasteiger partial charge on any atom is -0.394 e. The third kappa shape index (κ3) is 2.28.